The number of hydrogen-bond acceptors (Lipinski definition) is 5. The molecule has 0 radical (unpaired) electrons. The summed E-state index contributed by atoms with van der Waals surface area (Å²) in [6.45, 7) is 4.15. The molecule has 5 nitrogen and oxygen atoms in total. The molecule has 0 atom stereocenters. The van der Waals surface area contributed by atoms with Gasteiger partial charge in [-0.25, -0.2) is 0 Å². The number of nitrogens with one attached hydrogen (secondary N) is 1. The van der Waals surface area contributed by atoms with Crippen molar-refractivity contribution in [1.82, 2.24) is 10.2 Å². The fourth-order valence-corrected chi connectivity index (χ4v) is 5.95. The summed E-state index contributed by atoms with van der Waals surface area (Å²) in [5, 5.41) is 3.43. The van der Waals surface area contributed by atoms with E-state index in [2.05, 4.69) is 23.5 Å². The van der Waals surface area contributed by atoms with Gasteiger partial charge < -0.3 is 19.7 Å². The highest BCUT2D eigenvalue weighted by Crippen LogP contribution is 2.43. The Morgan fingerprint density at radius 3 is 2.89 bits per heavy atom. The maximum atomic E-state index is 13.3. The molecule has 3 aliphatic rings. The topological polar surface area (TPSA) is 50.8 Å². The lowest BCUT2D eigenvalue weighted by atomic mass is 9.83. The van der Waals surface area contributed by atoms with Crippen molar-refractivity contribution in [3.05, 3.63) is 50.7 Å². The number of rotatable bonds is 2. The third-order valence-electron chi connectivity index (χ3n) is 6.34. The summed E-state index contributed by atoms with van der Waals surface area (Å²) in [5.74, 6) is 1.04. The Balaban J connectivity index is 1.39. The number of thiophene rings is 1. The lowest BCUT2D eigenvalue weighted by Gasteiger charge is -2.40. The standard InChI is InChI=1S/C22H26N2O3S/c1-26-17-3-2-16-14-24(10-4-15(16)12-17)21(25)20-13-18-19(28-20)5-11-27-22(18)6-8-23-9-7-22/h2-3,12-13,23H,4-11,14H2,1H3. The number of benzene rings is 1. The molecule has 1 aromatic carbocycles. The van der Waals surface area contributed by atoms with Gasteiger partial charge in [-0.05, 0) is 67.2 Å². The number of fused-ring (bicyclic) bond motifs is 3. The van der Waals surface area contributed by atoms with Crippen LogP contribution in [0.5, 0.6) is 5.75 Å². The summed E-state index contributed by atoms with van der Waals surface area (Å²) >= 11 is 1.68. The van der Waals surface area contributed by atoms with Crippen molar-refractivity contribution in [1.29, 1.82) is 0 Å². The van der Waals surface area contributed by atoms with Gasteiger partial charge in [0.05, 0.1) is 24.2 Å². The molecule has 28 heavy (non-hydrogen) atoms. The van der Waals surface area contributed by atoms with Crippen molar-refractivity contribution in [3.8, 4) is 5.75 Å². The average Bonchev–Trinajstić information content (AvgIpc) is 3.19. The molecule has 4 heterocycles. The zero-order valence-corrected chi connectivity index (χ0v) is 17.1. The van der Waals surface area contributed by atoms with Gasteiger partial charge in [-0.3, -0.25) is 4.79 Å². The molecule has 1 saturated heterocycles. The van der Waals surface area contributed by atoms with Gasteiger partial charge in [0.25, 0.3) is 5.91 Å². The van der Waals surface area contributed by atoms with Crippen LogP contribution in [0.15, 0.2) is 24.3 Å². The fraction of sp³-hybridized carbons (Fsp3) is 0.500. The molecular weight excluding hydrogens is 372 g/mol. The first-order valence-electron chi connectivity index (χ1n) is 10.1. The zero-order valence-electron chi connectivity index (χ0n) is 16.3. The quantitative estimate of drug-likeness (QED) is 0.845. The molecule has 2 aromatic rings. The summed E-state index contributed by atoms with van der Waals surface area (Å²) in [6, 6.07) is 8.30. The predicted molar refractivity (Wildman–Crippen MR) is 109 cm³/mol. The van der Waals surface area contributed by atoms with Crippen LogP contribution in [0.25, 0.3) is 0 Å². The van der Waals surface area contributed by atoms with Crippen LogP contribution in [0.1, 0.15) is 44.1 Å². The van der Waals surface area contributed by atoms with Crippen LogP contribution >= 0.6 is 11.3 Å². The van der Waals surface area contributed by atoms with Gasteiger partial charge in [0.2, 0.25) is 0 Å². The van der Waals surface area contributed by atoms with Crippen LogP contribution in [0.4, 0.5) is 0 Å². The second kappa shape index (κ2) is 7.17. The minimum atomic E-state index is -0.182. The number of hydrogen-bond donors (Lipinski definition) is 1. The van der Waals surface area contributed by atoms with E-state index in [-0.39, 0.29) is 11.5 Å². The lowest BCUT2D eigenvalue weighted by molar-refractivity contribution is -0.0792. The number of methoxy groups -OCH3 is 1. The highest BCUT2D eigenvalue weighted by Gasteiger charge is 2.41. The van der Waals surface area contributed by atoms with Gasteiger partial charge >= 0.3 is 0 Å². The van der Waals surface area contributed by atoms with Crippen LogP contribution in [0.3, 0.4) is 0 Å². The molecule has 0 aliphatic carbocycles. The smallest absolute Gasteiger partial charge is 0.264 e. The van der Waals surface area contributed by atoms with Gasteiger partial charge in [-0.1, -0.05) is 6.07 Å². The van der Waals surface area contributed by atoms with E-state index in [4.69, 9.17) is 9.47 Å². The molecule has 0 saturated carbocycles. The minimum absolute atomic E-state index is 0.157. The minimum Gasteiger partial charge on any atom is -0.497 e. The van der Waals surface area contributed by atoms with Crippen LogP contribution in [0, 0.1) is 0 Å². The molecule has 1 spiro atoms. The molecule has 3 aliphatic heterocycles. The summed E-state index contributed by atoms with van der Waals surface area (Å²) in [7, 11) is 1.69. The number of ether oxygens (including phenoxy) is 2. The first-order chi connectivity index (χ1) is 13.7. The number of carbonyl (C=O) groups excluding carboxylic acids is 1. The highest BCUT2D eigenvalue weighted by molar-refractivity contribution is 7.14. The first-order valence-corrected chi connectivity index (χ1v) is 10.9. The number of amides is 1. The summed E-state index contributed by atoms with van der Waals surface area (Å²) in [6.07, 6.45) is 3.78. The number of carbonyl (C=O) groups is 1. The maximum absolute atomic E-state index is 13.3. The predicted octanol–water partition coefficient (Wildman–Crippen LogP) is 3.11. The summed E-state index contributed by atoms with van der Waals surface area (Å²) in [4.78, 5) is 17.5. The summed E-state index contributed by atoms with van der Waals surface area (Å²) < 4.78 is 11.6. The van der Waals surface area contributed by atoms with Gasteiger partial charge in [0.15, 0.2) is 0 Å². The van der Waals surface area contributed by atoms with Gasteiger partial charge in [-0.15, -0.1) is 11.3 Å². The fourth-order valence-electron chi connectivity index (χ4n) is 4.75. The van der Waals surface area contributed by atoms with Crippen molar-refractivity contribution in [2.45, 2.75) is 37.8 Å². The van der Waals surface area contributed by atoms with E-state index in [1.54, 1.807) is 18.4 Å². The normalized spacial score (nSPS) is 20.5. The van der Waals surface area contributed by atoms with Crippen molar-refractivity contribution < 1.29 is 14.3 Å². The SMILES string of the molecule is COc1ccc2c(c1)CCN(C(=O)c1cc3c(s1)CCOC31CCNCC1)C2. The van der Waals surface area contributed by atoms with Crippen molar-refractivity contribution in [3.63, 3.8) is 0 Å². The molecule has 1 amide bonds. The molecule has 1 fully saturated rings. The Morgan fingerprint density at radius 1 is 1.21 bits per heavy atom. The third kappa shape index (κ3) is 3.04. The molecule has 1 N–H and O–H groups in total. The Kier molecular flexibility index (Phi) is 4.65. The highest BCUT2D eigenvalue weighted by atomic mass is 32.1. The Bertz CT molecular complexity index is 901. The van der Waals surface area contributed by atoms with Crippen LogP contribution in [0.2, 0.25) is 0 Å². The molecular formula is C22H26N2O3S. The lowest BCUT2D eigenvalue weighted by Crippen LogP contribution is -2.44. The summed E-state index contributed by atoms with van der Waals surface area (Å²) in [5.41, 5.74) is 3.60. The molecule has 0 unspecified atom stereocenters. The van der Waals surface area contributed by atoms with Crippen molar-refractivity contribution in [2.24, 2.45) is 0 Å². The number of nitrogens with zero attached hydrogens (tertiary/aromatic N) is 1. The maximum Gasteiger partial charge on any atom is 0.264 e. The Morgan fingerprint density at radius 2 is 2.07 bits per heavy atom. The van der Waals surface area contributed by atoms with Crippen LogP contribution < -0.4 is 10.1 Å². The van der Waals surface area contributed by atoms with Crippen molar-refractivity contribution in [2.75, 3.05) is 33.4 Å². The Labute approximate surface area is 169 Å². The van der Waals surface area contributed by atoms with Gasteiger partial charge in [0.1, 0.15) is 5.75 Å². The van der Waals surface area contributed by atoms with E-state index in [1.807, 2.05) is 11.0 Å². The van der Waals surface area contributed by atoms with Crippen LogP contribution in [-0.2, 0) is 29.7 Å². The van der Waals surface area contributed by atoms with E-state index in [9.17, 15) is 4.79 Å². The van der Waals surface area contributed by atoms with Crippen LogP contribution in [-0.4, -0.2) is 44.2 Å². The van der Waals surface area contributed by atoms with Gasteiger partial charge in [0, 0.05) is 24.4 Å². The molecule has 148 valence electrons. The average molecular weight is 399 g/mol. The second-order valence-corrected chi connectivity index (χ2v) is 9.04. The molecule has 6 heteroatoms. The first kappa shape index (κ1) is 18.2. The number of piperidine rings is 1. The van der Waals surface area contributed by atoms with E-state index in [1.165, 1.54) is 21.6 Å². The Hall–Kier alpha value is -1.89. The van der Waals surface area contributed by atoms with E-state index in [0.717, 1.165) is 62.6 Å². The second-order valence-electron chi connectivity index (χ2n) is 7.90. The van der Waals surface area contributed by atoms with E-state index >= 15 is 0 Å². The van der Waals surface area contributed by atoms with Crippen molar-refractivity contribution >= 4 is 17.2 Å². The van der Waals surface area contributed by atoms with Gasteiger partial charge in [-0.2, -0.15) is 0 Å². The van der Waals surface area contributed by atoms with E-state index in [0.29, 0.717) is 6.54 Å². The zero-order chi connectivity index (χ0) is 19.1. The molecule has 0 bridgehead atoms. The third-order valence-corrected chi connectivity index (χ3v) is 7.53. The largest absolute Gasteiger partial charge is 0.497 e. The molecule has 1 aromatic heterocycles. The molecule has 5 rings (SSSR count). The van der Waals surface area contributed by atoms with E-state index < -0.39 is 0 Å². The monoisotopic (exact) mass is 398 g/mol.